The van der Waals surface area contributed by atoms with Crippen LogP contribution < -0.4 is 14.5 Å². The number of nitrogens with zero attached hydrogens (tertiary/aromatic N) is 2. The quantitative estimate of drug-likeness (QED) is 0.230. The minimum Gasteiger partial charge on any atom is -0.426 e. The molecule has 3 aromatic carbocycles. The molecule has 2 heterocycles. The van der Waals surface area contributed by atoms with Gasteiger partial charge in [0.05, 0.1) is 29.1 Å². The second kappa shape index (κ2) is 9.00. The Hall–Kier alpha value is -4.26. The average Bonchev–Trinajstić information content (AvgIpc) is 3.41. The van der Waals surface area contributed by atoms with E-state index < -0.39 is 11.9 Å². The van der Waals surface area contributed by atoms with Gasteiger partial charge in [-0.2, -0.15) is 0 Å². The Morgan fingerprint density at radius 1 is 0.865 bits per heavy atom. The lowest BCUT2D eigenvalue weighted by molar-refractivity contribution is -0.139. The Labute approximate surface area is 214 Å². The zero-order valence-corrected chi connectivity index (χ0v) is 20.4. The van der Waals surface area contributed by atoms with Crippen molar-refractivity contribution in [3.8, 4) is 5.75 Å². The lowest BCUT2D eigenvalue weighted by Crippen LogP contribution is -2.31. The van der Waals surface area contributed by atoms with Crippen LogP contribution in [0.2, 0.25) is 0 Å². The molecule has 0 N–H and O–H groups in total. The summed E-state index contributed by atoms with van der Waals surface area (Å²) in [6.45, 7) is 2.03. The molecule has 7 nitrogen and oxygen atoms in total. The van der Waals surface area contributed by atoms with Crippen molar-refractivity contribution in [3.05, 3.63) is 78.4 Å². The molecule has 1 aliphatic carbocycles. The summed E-state index contributed by atoms with van der Waals surface area (Å²) in [7, 11) is 0. The maximum absolute atomic E-state index is 13.0. The van der Waals surface area contributed by atoms with E-state index in [-0.39, 0.29) is 42.5 Å². The van der Waals surface area contributed by atoms with Crippen molar-refractivity contribution in [1.82, 2.24) is 0 Å². The molecule has 186 valence electrons. The van der Waals surface area contributed by atoms with Gasteiger partial charge in [-0.25, -0.2) is 4.90 Å². The van der Waals surface area contributed by atoms with Crippen LogP contribution in [0.5, 0.6) is 5.75 Å². The van der Waals surface area contributed by atoms with Crippen LogP contribution in [0.4, 0.5) is 11.4 Å². The minimum absolute atomic E-state index is 0.0761. The highest BCUT2D eigenvalue weighted by molar-refractivity contribution is 6.22. The standard InChI is InChI=1S/C30H26N2O5/c1-18-15-21(13-14-25(18)32-28(34)23-10-4-5-11-24(23)29(32)35)37-30(36)20-16-27(33)31(17-20)26-12-6-8-19-7-2-3-9-22(19)26/h2-9,12-15,20,23-24H,10-11,16-17H2,1H3/t20-,23-,24+/m1/s1. The molecular weight excluding hydrogens is 468 g/mol. The van der Waals surface area contributed by atoms with E-state index in [0.29, 0.717) is 29.8 Å². The van der Waals surface area contributed by atoms with Crippen molar-refractivity contribution in [3.63, 3.8) is 0 Å². The van der Waals surface area contributed by atoms with Gasteiger partial charge in [-0.3, -0.25) is 19.2 Å². The van der Waals surface area contributed by atoms with Crippen LogP contribution in [0.25, 0.3) is 10.8 Å². The van der Waals surface area contributed by atoms with Crippen LogP contribution in [0.3, 0.4) is 0 Å². The molecule has 0 spiro atoms. The summed E-state index contributed by atoms with van der Waals surface area (Å²) in [6.07, 6.45) is 5.15. The van der Waals surface area contributed by atoms with Crippen LogP contribution in [0.15, 0.2) is 72.8 Å². The van der Waals surface area contributed by atoms with E-state index in [9.17, 15) is 19.2 Å². The summed E-state index contributed by atoms with van der Waals surface area (Å²) in [5.41, 5.74) is 1.97. The second-order valence-corrected chi connectivity index (χ2v) is 9.94. The molecule has 2 fully saturated rings. The summed E-state index contributed by atoms with van der Waals surface area (Å²) in [4.78, 5) is 54.7. The minimum atomic E-state index is -0.594. The number of esters is 1. The van der Waals surface area contributed by atoms with Gasteiger partial charge in [0.15, 0.2) is 0 Å². The number of carbonyl (C=O) groups excluding carboxylic acids is 4. The number of benzene rings is 3. The Morgan fingerprint density at radius 2 is 1.57 bits per heavy atom. The first-order valence-corrected chi connectivity index (χ1v) is 12.6. The van der Waals surface area contributed by atoms with Crippen LogP contribution in [0.1, 0.15) is 24.8 Å². The maximum atomic E-state index is 13.0. The first-order chi connectivity index (χ1) is 17.9. The van der Waals surface area contributed by atoms with E-state index >= 15 is 0 Å². The topological polar surface area (TPSA) is 84.0 Å². The van der Waals surface area contributed by atoms with Gasteiger partial charge in [0.2, 0.25) is 17.7 Å². The molecule has 7 heteroatoms. The molecule has 3 aliphatic rings. The molecule has 6 rings (SSSR count). The van der Waals surface area contributed by atoms with Gasteiger partial charge in [0, 0.05) is 18.4 Å². The molecule has 3 amide bonds. The van der Waals surface area contributed by atoms with Crippen LogP contribution in [0, 0.1) is 24.7 Å². The molecule has 0 aromatic heterocycles. The molecular formula is C30H26N2O5. The molecule has 0 bridgehead atoms. The monoisotopic (exact) mass is 494 g/mol. The van der Waals surface area contributed by atoms with E-state index in [1.807, 2.05) is 54.6 Å². The maximum Gasteiger partial charge on any atom is 0.316 e. The van der Waals surface area contributed by atoms with Crippen molar-refractivity contribution < 1.29 is 23.9 Å². The van der Waals surface area contributed by atoms with Gasteiger partial charge in [0.25, 0.3) is 0 Å². The van der Waals surface area contributed by atoms with Crippen LogP contribution in [-0.2, 0) is 19.2 Å². The number of allylic oxidation sites excluding steroid dienone is 2. The number of fused-ring (bicyclic) bond motifs is 2. The number of hydrogen-bond donors (Lipinski definition) is 0. The normalized spacial score (nSPS) is 23.2. The van der Waals surface area contributed by atoms with E-state index in [4.69, 9.17) is 4.74 Å². The molecule has 3 aromatic rings. The van der Waals surface area contributed by atoms with Gasteiger partial charge in [0.1, 0.15) is 5.75 Å². The third-order valence-corrected chi connectivity index (χ3v) is 7.65. The highest BCUT2D eigenvalue weighted by Gasteiger charge is 2.48. The first-order valence-electron chi connectivity index (χ1n) is 12.6. The fraction of sp³-hybridized carbons (Fsp3) is 0.267. The molecule has 37 heavy (non-hydrogen) atoms. The average molecular weight is 495 g/mol. The largest absolute Gasteiger partial charge is 0.426 e. The third-order valence-electron chi connectivity index (χ3n) is 7.65. The van der Waals surface area contributed by atoms with E-state index in [2.05, 4.69) is 0 Å². The van der Waals surface area contributed by atoms with Crippen molar-refractivity contribution in [2.45, 2.75) is 26.2 Å². The molecule has 2 saturated heterocycles. The summed E-state index contributed by atoms with van der Waals surface area (Å²) in [5.74, 6) is -1.84. The number of rotatable bonds is 4. The summed E-state index contributed by atoms with van der Waals surface area (Å²) < 4.78 is 5.65. The zero-order chi connectivity index (χ0) is 25.7. The van der Waals surface area contributed by atoms with Gasteiger partial charge in [-0.1, -0.05) is 48.6 Å². The van der Waals surface area contributed by atoms with Crippen molar-refractivity contribution >= 4 is 45.8 Å². The lowest BCUT2D eigenvalue weighted by Gasteiger charge is -2.19. The number of anilines is 2. The highest BCUT2D eigenvalue weighted by atomic mass is 16.5. The number of ether oxygens (including phenoxy) is 1. The smallest absolute Gasteiger partial charge is 0.316 e. The van der Waals surface area contributed by atoms with E-state index in [1.54, 1.807) is 30.0 Å². The first kappa shape index (κ1) is 23.2. The number of carbonyl (C=O) groups is 4. The molecule has 3 atom stereocenters. The Balaban J connectivity index is 1.17. The predicted molar refractivity (Wildman–Crippen MR) is 139 cm³/mol. The third kappa shape index (κ3) is 3.91. The number of imide groups is 1. The van der Waals surface area contributed by atoms with Crippen LogP contribution >= 0.6 is 0 Å². The van der Waals surface area contributed by atoms with Crippen molar-refractivity contribution in [1.29, 1.82) is 0 Å². The Kier molecular flexibility index (Phi) is 5.63. The zero-order valence-electron chi connectivity index (χ0n) is 20.4. The summed E-state index contributed by atoms with van der Waals surface area (Å²) in [5, 5.41) is 1.99. The fourth-order valence-electron chi connectivity index (χ4n) is 5.72. The van der Waals surface area contributed by atoms with Crippen molar-refractivity contribution in [2.24, 2.45) is 17.8 Å². The number of amides is 3. The Bertz CT molecular complexity index is 1460. The van der Waals surface area contributed by atoms with Crippen LogP contribution in [-0.4, -0.2) is 30.2 Å². The molecule has 2 aliphatic heterocycles. The fourth-order valence-corrected chi connectivity index (χ4v) is 5.72. The molecule has 0 unspecified atom stereocenters. The predicted octanol–water partition coefficient (Wildman–Crippen LogP) is 4.56. The second-order valence-electron chi connectivity index (χ2n) is 9.94. The summed E-state index contributed by atoms with van der Waals surface area (Å²) >= 11 is 0. The SMILES string of the molecule is Cc1cc(OC(=O)[C@@H]2CC(=O)N(c3cccc4ccccc34)C2)ccc1N1C(=O)[C@H]2CC=CC[C@H]2C1=O. The van der Waals surface area contributed by atoms with E-state index in [0.717, 1.165) is 16.5 Å². The molecule has 0 radical (unpaired) electrons. The van der Waals surface area contributed by atoms with Crippen molar-refractivity contribution in [2.75, 3.05) is 16.3 Å². The Morgan fingerprint density at radius 3 is 2.30 bits per heavy atom. The summed E-state index contributed by atoms with van der Waals surface area (Å²) in [6, 6.07) is 18.5. The van der Waals surface area contributed by atoms with Gasteiger partial charge in [-0.05, 0) is 55.0 Å². The van der Waals surface area contributed by atoms with Gasteiger partial charge >= 0.3 is 5.97 Å². The number of aryl methyl sites for hydroxylation is 1. The lowest BCUT2D eigenvalue weighted by atomic mass is 9.85. The number of hydrogen-bond acceptors (Lipinski definition) is 5. The van der Waals surface area contributed by atoms with Gasteiger partial charge < -0.3 is 9.64 Å². The van der Waals surface area contributed by atoms with Gasteiger partial charge in [-0.15, -0.1) is 0 Å². The molecule has 0 saturated carbocycles. The van der Waals surface area contributed by atoms with E-state index in [1.165, 1.54) is 4.90 Å². The highest BCUT2D eigenvalue weighted by Crippen LogP contribution is 2.39.